The zero-order valence-electron chi connectivity index (χ0n) is 14.9. The van der Waals surface area contributed by atoms with Crippen LogP contribution in [0.1, 0.15) is 39.0 Å². The van der Waals surface area contributed by atoms with Gasteiger partial charge in [0.05, 0.1) is 18.8 Å². The summed E-state index contributed by atoms with van der Waals surface area (Å²) in [6.07, 6.45) is -0.248. The molecule has 0 saturated heterocycles. The van der Waals surface area contributed by atoms with Gasteiger partial charge in [-0.25, -0.2) is 9.07 Å². The molecule has 6 nitrogen and oxygen atoms in total. The monoisotopic (exact) mass is 366 g/mol. The van der Waals surface area contributed by atoms with Gasteiger partial charge in [-0.3, -0.25) is 4.79 Å². The summed E-state index contributed by atoms with van der Waals surface area (Å²) in [6.45, 7) is 3.09. The second kappa shape index (κ2) is 7.28. The van der Waals surface area contributed by atoms with Crippen LogP contribution in [0.2, 0.25) is 0 Å². The zero-order valence-corrected chi connectivity index (χ0v) is 14.9. The van der Waals surface area contributed by atoms with Crippen molar-refractivity contribution in [3.8, 4) is 0 Å². The summed E-state index contributed by atoms with van der Waals surface area (Å²) >= 11 is 0. The molecule has 1 amide bonds. The van der Waals surface area contributed by atoms with Gasteiger partial charge >= 0.3 is 0 Å². The molecule has 7 heteroatoms. The number of carbonyl (C=O) groups excluding carboxylic acids is 1. The lowest BCUT2D eigenvalue weighted by Gasteiger charge is -2.24. The lowest BCUT2D eigenvalue weighted by Crippen LogP contribution is -2.27. The van der Waals surface area contributed by atoms with E-state index in [2.05, 4.69) is 15.6 Å². The van der Waals surface area contributed by atoms with Crippen LogP contribution in [0.5, 0.6) is 0 Å². The summed E-state index contributed by atoms with van der Waals surface area (Å²) in [6, 6.07) is 14.1. The Kier molecular flexibility index (Phi) is 4.68. The molecule has 0 spiro atoms. The van der Waals surface area contributed by atoms with Crippen LogP contribution in [0.3, 0.4) is 0 Å². The second-order valence-electron chi connectivity index (χ2n) is 6.53. The number of rotatable bonds is 4. The number of hydrogen-bond acceptors (Lipinski definition) is 4. The lowest BCUT2D eigenvalue weighted by molar-refractivity contribution is -0.00180. The minimum atomic E-state index is -0.288. The molecule has 4 rings (SSSR count). The smallest absolute Gasteiger partial charge is 0.274 e. The number of ether oxygens (including phenoxy) is 1. The third-order valence-electron chi connectivity index (χ3n) is 4.76. The summed E-state index contributed by atoms with van der Waals surface area (Å²) < 4.78 is 20.6. The van der Waals surface area contributed by atoms with Gasteiger partial charge in [-0.2, -0.15) is 0 Å². The molecule has 2 heterocycles. The van der Waals surface area contributed by atoms with E-state index in [-0.39, 0.29) is 30.1 Å². The molecule has 1 aliphatic rings. The lowest BCUT2D eigenvalue weighted by atomic mass is 10.1. The number of nitrogens with zero attached hydrogens (tertiary/aromatic N) is 3. The highest BCUT2D eigenvalue weighted by Crippen LogP contribution is 2.27. The van der Waals surface area contributed by atoms with Crippen molar-refractivity contribution < 1.29 is 13.9 Å². The Bertz CT molecular complexity index is 968. The maximum atomic E-state index is 13.1. The van der Waals surface area contributed by atoms with Crippen LogP contribution in [0.4, 0.5) is 4.39 Å². The predicted octanol–water partition coefficient (Wildman–Crippen LogP) is 2.93. The fourth-order valence-electron chi connectivity index (χ4n) is 3.13. The van der Waals surface area contributed by atoms with Gasteiger partial charge in [-0.1, -0.05) is 41.6 Å². The van der Waals surface area contributed by atoms with Crippen LogP contribution in [0.15, 0.2) is 48.5 Å². The predicted molar refractivity (Wildman–Crippen MR) is 96.3 cm³/mol. The van der Waals surface area contributed by atoms with Gasteiger partial charge in [0.25, 0.3) is 5.91 Å². The first-order valence-electron chi connectivity index (χ1n) is 8.74. The molecule has 0 radical (unpaired) electrons. The van der Waals surface area contributed by atoms with E-state index in [4.69, 9.17) is 4.74 Å². The summed E-state index contributed by atoms with van der Waals surface area (Å²) in [5, 5.41) is 11.0. The number of nitrogens with one attached hydrogen (secondary N) is 1. The molecular formula is C20H19FN4O2. The molecule has 1 atom stereocenters. The van der Waals surface area contributed by atoms with Crippen LogP contribution in [-0.2, 0) is 24.4 Å². The van der Waals surface area contributed by atoms with Crippen molar-refractivity contribution in [2.24, 2.45) is 0 Å². The third-order valence-corrected chi connectivity index (χ3v) is 4.76. The van der Waals surface area contributed by atoms with Gasteiger partial charge in [-0.15, -0.1) is 5.10 Å². The maximum Gasteiger partial charge on any atom is 0.274 e. The fraction of sp³-hybridized carbons (Fsp3) is 0.250. The normalized spacial score (nSPS) is 16.0. The van der Waals surface area contributed by atoms with Crippen LogP contribution < -0.4 is 5.32 Å². The zero-order chi connectivity index (χ0) is 18.8. The topological polar surface area (TPSA) is 69.0 Å². The molecule has 0 saturated carbocycles. The SMILES string of the molecule is Cc1ccccc1CNC(=O)c1nnn2c1CO[C@H](c1ccc(F)cc1)C2. The molecule has 0 aliphatic carbocycles. The molecular weight excluding hydrogens is 347 g/mol. The highest BCUT2D eigenvalue weighted by molar-refractivity contribution is 5.93. The Morgan fingerprint density at radius 2 is 2.04 bits per heavy atom. The van der Waals surface area contributed by atoms with Crippen LogP contribution in [0.25, 0.3) is 0 Å². The van der Waals surface area contributed by atoms with Crippen molar-refractivity contribution in [2.45, 2.75) is 32.7 Å². The Hall–Kier alpha value is -3.06. The molecule has 1 N–H and O–H groups in total. The maximum absolute atomic E-state index is 13.1. The first-order chi connectivity index (χ1) is 13.1. The molecule has 138 valence electrons. The molecule has 2 aromatic carbocycles. The molecule has 0 fully saturated rings. The van der Waals surface area contributed by atoms with Gasteiger partial charge in [0.1, 0.15) is 11.9 Å². The summed E-state index contributed by atoms with van der Waals surface area (Å²) in [5.74, 6) is -0.563. The minimum Gasteiger partial charge on any atom is -0.365 e. The van der Waals surface area contributed by atoms with E-state index in [1.165, 1.54) is 12.1 Å². The largest absolute Gasteiger partial charge is 0.365 e. The third kappa shape index (κ3) is 3.59. The molecule has 0 bridgehead atoms. The van der Waals surface area contributed by atoms with E-state index >= 15 is 0 Å². The van der Waals surface area contributed by atoms with E-state index in [1.54, 1.807) is 16.8 Å². The number of aromatic nitrogens is 3. The van der Waals surface area contributed by atoms with Gasteiger partial charge in [0, 0.05) is 6.54 Å². The molecule has 1 aromatic heterocycles. The molecule has 0 unspecified atom stereocenters. The highest BCUT2D eigenvalue weighted by Gasteiger charge is 2.27. The second-order valence-corrected chi connectivity index (χ2v) is 6.53. The van der Waals surface area contributed by atoms with E-state index in [1.807, 2.05) is 31.2 Å². The first-order valence-corrected chi connectivity index (χ1v) is 8.74. The number of fused-ring (bicyclic) bond motifs is 1. The van der Waals surface area contributed by atoms with E-state index in [9.17, 15) is 9.18 Å². The van der Waals surface area contributed by atoms with Crippen molar-refractivity contribution in [3.63, 3.8) is 0 Å². The Morgan fingerprint density at radius 1 is 1.26 bits per heavy atom. The number of halogens is 1. The van der Waals surface area contributed by atoms with Crippen molar-refractivity contribution in [3.05, 3.63) is 82.4 Å². The average Bonchev–Trinajstić information content (AvgIpc) is 3.11. The number of aryl methyl sites for hydroxylation is 1. The van der Waals surface area contributed by atoms with Crippen molar-refractivity contribution >= 4 is 5.91 Å². The number of hydrogen-bond donors (Lipinski definition) is 1. The Morgan fingerprint density at radius 3 is 2.81 bits per heavy atom. The summed E-state index contributed by atoms with van der Waals surface area (Å²) in [7, 11) is 0. The van der Waals surface area contributed by atoms with Gasteiger partial charge in [0.15, 0.2) is 5.69 Å². The number of carbonyl (C=O) groups is 1. The molecule has 1 aliphatic heterocycles. The first kappa shape index (κ1) is 17.4. The quantitative estimate of drug-likeness (QED) is 0.771. The van der Waals surface area contributed by atoms with Crippen molar-refractivity contribution in [2.75, 3.05) is 0 Å². The molecule has 27 heavy (non-hydrogen) atoms. The van der Waals surface area contributed by atoms with Gasteiger partial charge in [-0.05, 0) is 35.7 Å². The van der Waals surface area contributed by atoms with Gasteiger partial charge < -0.3 is 10.1 Å². The van der Waals surface area contributed by atoms with Crippen LogP contribution >= 0.6 is 0 Å². The Balaban J connectivity index is 1.45. The van der Waals surface area contributed by atoms with E-state index in [0.717, 1.165) is 16.7 Å². The highest BCUT2D eigenvalue weighted by atomic mass is 19.1. The van der Waals surface area contributed by atoms with Crippen LogP contribution in [-0.4, -0.2) is 20.9 Å². The number of benzene rings is 2. The Labute approximate surface area is 156 Å². The molecule has 3 aromatic rings. The summed E-state index contributed by atoms with van der Waals surface area (Å²) in [5.41, 5.74) is 3.97. The van der Waals surface area contributed by atoms with Gasteiger partial charge in [0.2, 0.25) is 0 Å². The summed E-state index contributed by atoms with van der Waals surface area (Å²) in [4.78, 5) is 12.5. The number of amides is 1. The standard InChI is InChI=1S/C20H19FN4O2/c1-13-4-2-3-5-15(13)10-22-20(26)19-17-12-27-18(11-25(17)24-23-19)14-6-8-16(21)9-7-14/h2-9,18H,10-12H2,1H3,(H,22,26)/t18-/m0/s1. The van der Waals surface area contributed by atoms with Crippen molar-refractivity contribution in [1.29, 1.82) is 0 Å². The minimum absolute atomic E-state index is 0.224. The van der Waals surface area contributed by atoms with Crippen molar-refractivity contribution in [1.82, 2.24) is 20.3 Å². The van der Waals surface area contributed by atoms with E-state index < -0.39 is 0 Å². The fourth-order valence-corrected chi connectivity index (χ4v) is 3.13. The average molecular weight is 366 g/mol. The van der Waals surface area contributed by atoms with Crippen LogP contribution in [0, 0.1) is 12.7 Å². The van der Waals surface area contributed by atoms with E-state index in [0.29, 0.717) is 18.8 Å².